The second-order valence-electron chi connectivity index (χ2n) is 4.53. The lowest BCUT2D eigenvalue weighted by atomic mass is 9.98. The molecule has 1 N–H and O–H groups in total. The van der Waals surface area contributed by atoms with Crippen LogP contribution in [0.5, 0.6) is 0 Å². The number of carbonyl (C=O) groups is 1. The Labute approximate surface area is 72.3 Å². The van der Waals surface area contributed by atoms with Crippen molar-refractivity contribution in [3.8, 4) is 0 Å². The molecule has 0 radical (unpaired) electrons. The fourth-order valence-corrected chi connectivity index (χ4v) is 2.50. The number of allylic oxidation sites excluding steroid dienone is 1. The molecule has 0 heterocycles. The van der Waals surface area contributed by atoms with Crippen LogP contribution in [-0.4, -0.2) is 17.0 Å². The van der Waals surface area contributed by atoms with Crippen LogP contribution < -0.4 is 0 Å². The lowest BCUT2D eigenvalue weighted by Crippen LogP contribution is -2.19. The number of hydrogen-bond acceptors (Lipinski definition) is 2. The normalized spacial score (nSPS) is 43.5. The van der Waals surface area contributed by atoms with Crippen molar-refractivity contribution in [1.82, 2.24) is 0 Å². The van der Waals surface area contributed by atoms with Crippen LogP contribution in [0, 0.1) is 17.3 Å². The first-order valence-corrected chi connectivity index (χ1v) is 4.37. The van der Waals surface area contributed by atoms with E-state index in [1.54, 1.807) is 13.0 Å². The summed E-state index contributed by atoms with van der Waals surface area (Å²) < 4.78 is 0. The van der Waals surface area contributed by atoms with Gasteiger partial charge in [-0.3, -0.25) is 4.79 Å². The van der Waals surface area contributed by atoms with E-state index in [1.165, 1.54) is 0 Å². The topological polar surface area (TPSA) is 37.3 Å². The molecule has 2 aliphatic rings. The van der Waals surface area contributed by atoms with Crippen LogP contribution in [0.4, 0.5) is 0 Å². The van der Waals surface area contributed by atoms with Gasteiger partial charge in [0.1, 0.15) is 0 Å². The van der Waals surface area contributed by atoms with Crippen LogP contribution in [-0.2, 0) is 4.79 Å². The first-order chi connectivity index (χ1) is 5.46. The molecule has 0 amide bonds. The average molecular weight is 166 g/mol. The van der Waals surface area contributed by atoms with E-state index < -0.39 is 6.10 Å². The highest BCUT2D eigenvalue weighted by Gasteiger charge is 2.65. The zero-order chi connectivity index (χ0) is 9.09. The van der Waals surface area contributed by atoms with Crippen LogP contribution in [0.25, 0.3) is 0 Å². The van der Waals surface area contributed by atoms with Gasteiger partial charge in [0.2, 0.25) is 0 Å². The minimum atomic E-state index is -0.400. The quantitative estimate of drug-likeness (QED) is 0.586. The monoisotopic (exact) mass is 166 g/mol. The summed E-state index contributed by atoms with van der Waals surface area (Å²) in [6.07, 6.45) is 1.29. The van der Waals surface area contributed by atoms with Gasteiger partial charge >= 0.3 is 0 Å². The van der Waals surface area contributed by atoms with Crippen LogP contribution in [0.15, 0.2) is 11.6 Å². The van der Waals surface area contributed by atoms with Crippen molar-refractivity contribution < 1.29 is 9.90 Å². The fourth-order valence-electron chi connectivity index (χ4n) is 2.50. The first kappa shape index (κ1) is 7.99. The summed E-state index contributed by atoms with van der Waals surface area (Å²) >= 11 is 0. The molecule has 0 aromatic heterocycles. The molecule has 0 aromatic rings. The highest BCUT2D eigenvalue weighted by molar-refractivity contribution is 6.00. The Kier molecular flexibility index (Phi) is 1.33. The van der Waals surface area contributed by atoms with Crippen molar-refractivity contribution in [2.24, 2.45) is 17.3 Å². The molecule has 3 atom stereocenters. The molecule has 66 valence electrons. The SMILES string of the molecule is CC1=CC(O)C2C(C1=O)C2(C)C. The number of aliphatic hydroxyl groups is 1. The Morgan fingerprint density at radius 2 is 2.08 bits per heavy atom. The second-order valence-corrected chi connectivity index (χ2v) is 4.53. The summed E-state index contributed by atoms with van der Waals surface area (Å²) in [4.78, 5) is 11.5. The molecule has 0 aliphatic heterocycles. The molecule has 2 rings (SSSR count). The Balaban J connectivity index is 2.35. The highest BCUT2D eigenvalue weighted by atomic mass is 16.3. The standard InChI is InChI=1S/C10H14O2/c1-5-4-6(11)7-8(9(5)12)10(7,2)3/h4,6-8,11H,1-3H3. The number of Topliss-reactive ketones (excluding diaryl/α,β-unsaturated/α-hetero) is 1. The van der Waals surface area contributed by atoms with E-state index in [4.69, 9.17) is 0 Å². The van der Waals surface area contributed by atoms with Crippen LogP contribution in [0.1, 0.15) is 20.8 Å². The minimum absolute atomic E-state index is 0.0186. The molecule has 2 nitrogen and oxygen atoms in total. The summed E-state index contributed by atoms with van der Waals surface area (Å²) in [5, 5.41) is 9.61. The fraction of sp³-hybridized carbons (Fsp3) is 0.700. The Morgan fingerprint density at radius 3 is 2.67 bits per heavy atom. The van der Waals surface area contributed by atoms with Gasteiger partial charge in [-0.05, 0) is 24.0 Å². The molecule has 3 unspecified atom stereocenters. The van der Waals surface area contributed by atoms with Gasteiger partial charge in [-0.2, -0.15) is 0 Å². The van der Waals surface area contributed by atoms with E-state index in [0.29, 0.717) is 0 Å². The molecule has 12 heavy (non-hydrogen) atoms. The number of hydrogen-bond donors (Lipinski definition) is 1. The van der Waals surface area contributed by atoms with E-state index in [2.05, 4.69) is 13.8 Å². The lowest BCUT2D eigenvalue weighted by Gasteiger charge is -2.11. The molecule has 0 saturated heterocycles. The molecular weight excluding hydrogens is 152 g/mol. The van der Waals surface area contributed by atoms with Gasteiger partial charge in [-0.1, -0.05) is 13.8 Å². The summed E-state index contributed by atoms with van der Waals surface area (Å²) in [6, 6.07) is 0. The van der Waals surface area contributed by atoms with Crippen molar-refractivity contribution in [2.75, 3.05) is 0 Å². The lowest BCUT2D eigenvalue weighted by molar-refractivity contribution is -0.118. The number of aliphatic hydroxyl groups excluding tert-OH is 1. The summed E-state index contributed by atoms with van der Waals surface area (Å²) in [7, 11) is 0. The van der Waals surface area contributed by atoms with Gasteiger partial charge in [-0.25, -0.2) is 0 Å². The molecule has 2 aliphatic carbocycles. The minimum Gasteiger partial charge on any atom is -0.389 e. The van der Waals surface area contributed by atoms with Gasteiger partial charge in [0.15, 0.2) is 5.78 Å². The molecule has 1 fully saturated rings. The summed E-state index contributed by atoms with van der Waals surface area (Å²) in [5.74, 6) is 0.487. The number of ketones is 1. The second kappa shape index (κ2) is 1.99. The predicted octanol–water partition coefficient (Wildman–Crippen LogP) is 1.15. The Hall–Kier alpha value is -0.630. The van der Waals surface area contributed by atoms with Crippen molar-refractivity contribution in [2.45, 2.75) is 26.9 Å². The molecule has 2 heteroatoms. The van der Waals surface area contributed by atoms with E-state index in [1.807, 2.05) is 0 Å². The largest absolute Gasteiger partial charge is 0.389 e. The summed E-state index contributed by atoms with van der Waals surface area (Å²) in [5.41, 5.74) is 0.749. The number of fused-ring (bicyclic) bond motifs is 1. The molecular formula is C10H14O2. The zero-order valence-electron chi connectivity index (χ0n) is 7.66. The maximum Gasteiger partial charge on any atom is 0.162 e. The van der Waals surface area contributed by atoms with Crippen LogP contribution >= 0.6 is 0 Å². The maximum atomic E-state index is 11.5. The molecule has 0 bridgehead atoms. The Bertz CT molecular complexity index is 276. The van der Waals surface area contributed by atoms with Crippen molar-refractivity contribution in [1.29, 1.82) is 0 Å². The molecule has 0 aromatic carbocycles. The van der Waals surface area contributed by atoms with Crippen molar-refractivity contribution in [3.05, 3.63) is 11.6 Å². The first-order valence-electron chi connectivity index (χ1n) is 4.37. The van der Waals surface area contributed by atoms with Crippen molar-refractivity contribution in [3.63, 3.8) is 0 Å². The predicted molar refractivity (Wildman–Crippen MR) is 45.5 cm³/mol. The zero-order valence-corrected chi connectivity index (χ0v) is 7.66. The van der Waals surface area contributed by atoms with E-state index >= 15 is 0 Å². The van der Waals surface area contributed by atoms with Crippen LogP contribution in [0.3, 0.4) is 0 Å². The van der Waals surface area contributed by atoms with E-state index in [9.17, 15) is 9.90 Å². The maximum absolute atomic E-state index is 11.5. The van der Waals surface area contributed by atoms with Crippen LogP contribution in [0.2, 0.25) is 0 Å². The molecule has 0 spiro atoms. The number of carbonyl (C=O) groups excluding carboxylic acids is 1. The highest BCUT2D eigenvalue weighted by Crippen LogP contribution is 2.62. The Morgan fingerprint density at radius 1 is 1.50 bits per heavy atom. The summed E-state index contributed by atoms with van der Waals surface area (Å²) in [6.45, 7) is 5.89. The van der Waals surface area contributed by atoms with E-state index in [0.717, 1.165) is 5.57 Å². The smallest absolute Gasteiger partial charge is 0.162 e. The third kappa shape index (κ3) is 0.761. The van der Waals surface area contributed by atoms with E-state index in [-0.39, 0.29) is 23.0 Å². The van der Waals surface area contributed by atoms with Gasteiger partial charge in [0.25, 0.3) is 0 Å². The van der Waals surface area contributed by atoms with Gasteiger partial charge < -0.3 is 5.11 Å². The number of rotatable bonds is 0. The van der Waals surface area contributed by atoms with Gasteiger partial charge in [0, 0.05) is 11.8 Å². The third-order valence-electron chi connectivity index (χ3n) is 3.37. The van der Waals surface area contributed by atoms with Gasteiger partial charge in [-0.15, -0.1) is 0 Å². The average Bonchev–Trinajstić information content (AvgIpc) is 2.50. The van der Waals surface area contributed by atoms with Crippen molar-refractivity contribution >= 4 is 5.78 Å². The van der Waals surface area contributed by atoms with Gasteiger partial charge in [0.05, 0.1) is 6.10 Å². The molecule has 1 saturated carbocycles. The third-order valence-corrected chi connectivity index (χ3v) is 3.37.